The van der Waals surface area contributed by atoms with Gasteiger partial charge in [-0.05, 0) is 54.8 Å². The number of ether oxygens (including phenoxy) is 1. The van der Waals surface area contributed by atoms with Gasteiger partial charge in [-0.3, -0.25) is 4.79 Å². The lowest BCUT2D eigenvalue weighted by atomic mass is 10.2. The van der Waals surface area contributed by atoms with Crippen LogP contribution in [0.25, 0.3) is 0 Å². The third-order valence-corrected chi connectivity index (χ3v) is 3.73. The smallest absolute Gasteiger partial charge is 0.261 e. The summed E-state index contributed by atoms with van der Waals surface area (Å²) in [5.74, 6) is -0.370. The molecule has 1 saturated carbocycles. The van der Waals surface area contributed by atoms with Crippen molar-refractivity contribution in [2.45, 2.75) is 25.4 Å². The highest BCUT2D eigenvalue weighted by atomic mass is 19.1. The zero-order valence-electron chi connectivity index (χ0n) is 12.5. The predicted molar refractivity (Wildman–Crippen MR) is 81.9 cm³/mol. The van der Waals surface area contributed by atoms with Crippen molar-refractivity contribution in [2.24, 2.45) is 0 Å². The van der Waals surface area contributed by atoms with Crippen LogP contribution >= 0.6 is 0 Å². The van der Waals surface area contributed by atoms with E-state index in [-0.39, 0.29) is 30.2 Å². The Labute approximate surface area is 133 Å². The molecule has 5 heteroatoms. The molecule has 0 spiro atoms. The lowest BCUT2D eigenvalue weighted by Gasteiger charge is -2.22. The number of hydrogen-bond donors (Lipinski definition) is 0. The van der Waals surface area contributed by atoms with E-state index in [9.17, 15) is 13.6 Å². The van der Waals surface area contributed by atoms with Gasteiger partial charge >= 0.3 is 0 Å². The summed E-state index contributed by atoms with van der Waals surface area (Å²) in [6, 6.07) is 12.0. The Balaban J connectivity index is 1.61. The number of hydrogen-bond acceptors (Lipinski definition) is 2. The quantitative estimate of drug-likeness (QED) is 0.815. The molecule has 0 bridgehead atoms. The highest BCUT2D eigenvalue weighted by Crippen LogP contribution is 2.28. The van der Waals surface area contributed by atoms with Gasteiger partial charge in [-0.2, -0.15) is 0 Å². The first-order valence-corrected chi connectivity index (χ1v) is 7.54. The minimum absolute atomic E-state index is 0.114. The van der Waals surface area contributed by atoms with Crippen LogP contribution in [0, 0.1) is 11.6 Å². The molecule has 0 heterocycles. The molecule has 1 fully saturated rings. The summed E-state index contributed by atoms with van der Waals surface area (Å²) >= 11 is 0. The third-order valence-electron chi connectivity index (χ3n) is 3.73. The Morgan fingerprint density at radius 3 is 2.48 bits per heavy atom. The fourth-order valence-electron chi connectivity index (χ4n) is 2.40. The van der Waals surface area contributed by atoms with Gasteiger partial charge in [0.25, 0.3) is 5.91 Å². The van der Waals surface area contributed by atoms with Crippen molar-refractivity contribution in [3.8, 4) is 5.75 Å². The van der Waals surface area contributed by atoms with E-state index in [0.717, 1.165) is 18.4 Å². The Morgan fingerprint density at radius 1 is 1.09 bits per heavy atom. The van der Waals surface area contributed by atoms with E-state index in [1.807, 2.05) is 0 Å². The van der Waals surface area contributed by atoms with Gasteiger partial charge in [0.1, 0.15) is 17.4 Å². The second-order valence-corrected chi connectivity index (χ2v) is 5.63. The molecule has 1 aliphatic rings. The molecule has 3 rings (SSSR count). The summed E-state index contributed by atoms with van der Waals surface area (Å²) in [5.41, 5.74) is 0.757. The van der Waals surface area contributed by atoms with Crippen LogP contribution in [0.3, 0.4) is 0 Å². The van der Waals surface area contributed by atoms with E-state index in [4.69, 9.17) is 4.74 Å². The Kier molecular flexibility index (Phi) is 4.55. The van der Waals surface area contributed by atoms with Crippen molar-refractivity contribution < 1.29 is 18.3 Å². The van der Waals surface area contributed by atoms with E-state index in [1.165, 1.54) is 36.4 Å². The van der Waals surface area contributed by atoms with Crippen LogP contribution in [0.5, 0.6) is 5.75 Å². The van der Waals surface area contributed by atoms with Crippen LogP contribution in [-0.2, 0) is 11.3 Å². The van der Waals surface area contributed by atoms with Gasteiger partial charge in [0.15, 0.2) is 6.61 Å². The van der Waals surface area contributed by atoms with Gasteiger partial charge < -0.3 is 9.64 Å². The number of benzene rings is 2. The minimum Gasteiger partial charge on any atom is -0.484 e. The molecular weight excluding hydrogens is 300 g/mol. The number of carbonyl (C=O) groups excluding carboxylic acids is 1. The Morgan fingerprint density at radius 2 is 1.83 bits per heavy atom. The molecule has 1 aliphatic carbocycles. The SMILES string of the molecule is O=C(COc1ccc(F)cc1)N(Cc1cccc(F)c1)C1CC1. The minimum atomic E-state index is -0.352. The van der Waals surface area contributed by atoms with Crippen molar-refractivity contribution in [3.05, 3.63) is 65.7 Å². The van der Waals surface area contributed by atoms with Crippen LogP contribution in [0.15, 0.2) is 48.5 Å². The molecule has 120 valence electrons. The Bertz CT molecular complexity index is 684. The second kappa shape index (κ2) is 6.77. The first-order valence-electron chi connectivity index (χ1n) is 7.54. The number of rotatable bonds is 6. The maximum absolute atomic E-state index is 13.3. The monoisotopic (exact) mass is 317 g/mol. The normalized spacial score (nSPS) is 13.7. The second-order valence-electron chi connectivity index (χ2n) is 5.63. The number of nitrogens with zero attached hydrogens (tertiary/aromatic N) is 1. The molecule has 0 N–H and O–H groups in total. The fourth-order valence-corrected chi connectivity index (χ4v) is 2.40. The largest absolute Gasteiger partial charge is 0.484 e. The topological polar surface area (TPSA) is 29.5 Å². The highest BCUT2D eigenvalue weighted by Gasteiger charge is 2.32. The third kappa shape index (κ3) is 4.28. The molecule has 0 atom stereocenters. The zero-order valence-corrected chi connectivity index (χ0v) is 12.5. The zero-order chi connectivity index (χ0) is 16.2. The van der Waals surface area contributed by atoms with E-state index in [2.05, 4.69) is 0 Å². The van der Waals surface area contributed by atoms with Gasteiger partial charge in [0.2, 0.25) is 0 Å². The molecule has 0 aromatic heterocycles. The van der Waals surface area contributed by atoms with Gasteiger partial charge in [-0.1, -0.05) is 12.1 Å². The van der Waals surface area contributed by atoms with Crippen molar-refractivity contribution in [1.29, 1.82) is 0 Å². The highest BCUT2D eigenvalue weighted by molar-refractivity contribution is 5.78. The number of amides is 1. The Hall–Kier alpha value is -2.43. The van der Waals surface area contributed by atoms with Gasteiger partial charge in [0.05, 0.1) is 0 Å². The summed E-state index contributed by atoms with van der Waals surface area (Å²) < 4.78 is 31.5. The molecule has 1 amide bonds. The van der Waals surface area contributed by atoms with Crippen LogP contribution in [-0.4, -0.2) is 23.5 Å². The lowest BCUT2D eigenvalue weighted by Crippen LogP contribution is -2.36. The van der Waals surface area contributed by atoms with Crippen LogP contribution in [0.2, 0.25) is 0 Å². The molecule has 0 aliphatic heterocycles. The van der Waals surface area contributed by atoms with Gasteiger partial charge in [-0.15, -0.1) is 0 Å². The van der Waals surface area contributed by atoms with Crippen molar-refractivity contribution in [3.63, 3.8) is 0 Å². The first kappa shape index (κ1) is 15.5. The van der Waals surface area contributed by atoms with E-state index >= 15 is 0 Å². The van der Waals surface area contributed by atoms with Crippen molar-refractivity contribution in [1.82, 2.24) is 4.90 Å². The van der Waals surface area contributed by atoms with Crippen LogP contribution in [0.4, 0.5) is 8.78 Å². The summed E-state index contributed by atoms with van der Waals surface area (Å²) in [7, 11) is 0. The van der Waals surface area contributed by atoms with E-state index in [0.29, 0.717) is 12.3 Å². The van der Waals surface area contributed by atoms with E-state index in [1.54, 1.807) is 17.0 Å². The van der Waals surface area contributed by atoms with Crippen LogP contribution < -0.4 is 4.74 Å². The molecule has 23 heavy (non-hydrogen) atoms. The van der Waals surface area contributed by atoms with Gasteiger partial charge in [-0.25, -0.2) is 8.78 Å². The molecular formula is C18H17F2NO2. The molecule has 3 nitrogen and oxygen atoms in total. The van der Waals surface area contributed by atoms with Crippen molar-refractivity contribution >= 4 is 5.91 Å². The molecule has 0 unspecified atom stereocenters. The number of carbonyl (C=O) groups is 1. The molecule has 0 saturated heterocycles. The summed E-state index contributed by atoms with van der Waals surface area (Å²) in [4.78, 5) is 14.1. The van der Waals surface area contributed by atoms with E-state index < -0.39 is 0 Å². The molecule has 2 aromatic carbocycles. The summed E-state index contributed by atoms with van der Waals surface area (Å²) in [6.07, 6.45) is 1.91. The maximum atomic E-state index is 13.3. The molecule has 0 radical (unpaired) electrons. The fraction of sp³-hybridized carbons (Fsp3) is 0.278. The first-order chi connectivity index (χ1) is 11.1. The number of halogens is 2. The molecule has 2 aromatic rings. The average Bonchev–Trinajstić information content (AvgIpc) is 3.36. The van der Waals surface area contributed by atoms with Gasteiger partial charge in [0, 0.05) is 12.6 Å². The maximum Gasteiger partial charge on any atom is 0.261 e. The lowest BCUT2D eigenvalue weighted by molar-refractivity contribution is -0.134. The summed E-state index contributed by atoms with van der Waals surface area (Å²) in [6.45, 7) is 0.255. The standard InChI is InChI=1S/C18H17F2NO2/c19-14-4-8-17(9-5-14)23-12-18(22)21(16-6-7-16)11-13-2-1-3-15(20)10-13/h1-5,8-10,16H,6-7,11-12H2. The average molecular weight is 317 g/mol. The summed E-state index contributed by atoms with van der Waals surface area (Å²) in [5, 5.41) is 0. The predicted octanol–water partition coefficient (Wildman–Crippen LogP) is 3.53. The van der Waals surface area contributed by atoms with Crippen LogP contribution in [0.1, 0.15) is 18.4 Å². The van der Waals surface area contributed by atoms with Crippen molar-refractivity contribution in [2.75, 3.05) is 6.61 Å².